The Morgan fingerprint density at radius 1 is 1.11 bits per heavy atom. The molecule has 0 aromatic heterocycles. The number of hydrogen-bond acceptors (Lipinski definition) is 2. The monoisotopic (exact) mass is 252 g/mol. The van der Waals surface area contributed by atoms with Crippen LogP contribution in [0.5, 0.6) is 0 Å². The lowest BCUT2D eigenvalue weighted by atomic mass is 9.50. The second-order valence-corrected chi connectivity index (χ2v) is 7.38. The van der Waals surface area contributed by atoms with E-state index in [4.69, 9.17) is 4.74 Å². The highest BCUT2D eigenvalue weighted by molar-refractivity contribution is 5.06. The molecule has 2 nitrogen and oxygen atoms in total. The number of rotatable bonds is 4. The first kappa shape index (κ1) is 12.9. The third kappa shape index (κ3) is 1.92. The fourth-order valence-corrected chi connectivity index (χ4v) is 4.89. The van der Waals surface area contributed by atoms with Gasteiger partial charge in [-0.3, -0.25) is 0 Å². The lowest BCUT2D eigenvalue weighted by Crippen LogP contribution is -2.58. The van der Waals surface area contributed by atoms with Crippen LogP contribution in [-0.4, -0.2) is 17.0 Å². The Balaban J connectivity index is 1.74. The van der Waals surface area contributed by atoms with Crippen LogP contribution in [0.1, 0.15) is 59.3 Å². The summed E-state index contributed by atoms with van der Waals surface area (Å²) in [5.74, 6) is 3.58. The van der Waals surface area contributed by atoms with Gasteiger partial charge in [-0.05, 0) is 69.1 Å². The van der Waals surface area contributed by atoms with Gasteiger partial charge in [0.25, 0.3) is 0 Å². The Kier molecular flexibility index (Phi) is 3.22. The van der Waals surface area contributed by atoms with Crippen LogP contribution in [0.15, 0.2) is 0 Å². The van der Waals surface area contributed by atoms with Crippen molar-refractivity contribution in [3.8, 4) is 0 Å². The molecule has 4 saturated carbocycles. The van der Waals surface area contributed by atoms with Crippen LogP contribution < -0.4 is 0 Å². The van der Waals surface area contributed by atoms with Crippen LogP contribution in [0.3, 0.4) is 0 Å². The van der Waals surface area contributed by atoms with Crippen LogP contribution in [0, 0.1) is 29.6 Å². The zero-order chi connectivity index (χ0) is 12.9. The van der Waals surface area contributed by atoms with E-state index < -0.39 is 6.29 Å². The summed E-state index contributed by atoms with van der Waals surface area (Å²) in [6, 6.07) is 0. The van der Waals surface area contributed by atoms with E-state index >= 15 is 0 Å². The molecule has 4 aliphatic rings. The predicted octanol–water partition coefficient (Wildman–Crippen LogP) is 3.58. The van der Waals surface area contributed by atoms with Crippen LogP contribution in [0.2, 0.25) is 0 Å². The quantitative estimate of drug-likeness (QED) is 0.775. The Morgan fingerprint density at radius 3 is 2.06 bits per heavy atom. The van der Waals surface area contributed by atoms with Gasteiger partial charge in [-0.25, -0.2) is 0 Å². The Morgan fingerprint density at radius 2 is 1.61 bits per heavy atom. The number of aliphatic hydroxyl groups is 1. The largest absolute Gasteiger partial charge is 0.368 e. The summed E-state index contributed by atoms with van der Waals surface area (Å²) in [5.41, 5.74) is -0.0454. The third-order valence-corrected chi connectivity index (χ3v) is 6.26. The molecule has 2 unspecified atom stereocenters. The summed E-state index contributed by atoms with van der Waals surface area (Å²) in [6.45, 7) is 6.49. The molecule has 0 aromatic carbocycles. The van der Waals surface area contributed by atoms with Gasteiger partial charge in [0.1, 0.15) is 0 Å². The van der Waals surface area contributed by atoms with Crippen LogP contribution in [-0.2, 0) is 4.74 Å². The van der Waals surface area contributed by atoms with Crippen molar-refractivity contribution in [3.63, 3.8) is 0 Å². The number of aliphatic hydroxyl groups excluding tert-OH is 1. The minimum Gasteiger partial charge on any atom is -0.368 e. The van der Waals surface area contributed by atoms with E-state index in [9.17, 15) is 5.11 Å². The van der Waals surface area contributed by atoms with Gasteiger partial charge >= 0.3 is 0 Å². The molecule has 0 amide bonds. The summed E-state index contributed by atoms with van der Waals surface area (Å²) in [5, 5.41) is 10.2. The smallest absolute Gasteiger partial charge is 0.157 e. The van der Waals surface area contributed by atoms with E-state index in [1.165, 1.54) is 32.1 Å². The van der Waals surface area contributed by atoms with E-state index in [1.807, 2.05) is 0 Å². The normalized spacial score (nSPS) is 49.3. The van der Waals surface area contributed by atoms with Crippen LogP contribution in [0.25, 0.3) is 0 Å². The number of hydrogen-bond donors (Lipinski definition) is 1. The molecule has 0 saturated heterocycles. The molecular formula is C16H28O2. The molecule has 18 heavy (non-hydrogen) atoms. The van der Waals surface area contributed by atoms with E-state index in [0.29, 0.717) is 11.8 Å². The molecule has 4 rings (SSSR count). The summed E-state index contributed by atoms with van der Waals surface area (Å²) in [4.78, 5) is 0. The van der Waals surface area contributed by atoms with Gasteiger partial charge in [-0.1, -0.05) is 13.8 Å². The van der Waals surface area contributed by atoms with E-state index in [-0.39, 0.29) is 11.5 Å². The zero-order valence-corrected chi connectivity index (χ0v) is 12.1. The third-order valence-electron chi connectivity index (χ3n) is 6.26. The highest BCUT2D eigenvalue weighted by atomic mass is 16.6. The maximum atomic E-state index is 10.2. The van der Waals surface area contributed by atoms with Crippen LogP contribution in [0.4, 0.5) is 0 Å². The van der Waals surface area contributed by atoms with E-state index in [2.05, 4.69) is 20.8 Å². The van der Waals surface area contributed by atoms with Crippen molar-refractivity contribution in [2.75, 3.05) is 0 Å². The van der Waals surface area contributed by atoms with Crippen molar-refractivity contribution in [1.82, 2.24) is 0 Å². The Labute approximate surface area is 111 Å². The van der Waals surface area contributed by atoms with Gasteiger partial charge in [0, 0.05) is 5.92 Å². The minimum absolute atomic E-state index is 0.0454. The average molecular weight is 252 g/mol. The maximum absolute atomic E-state index is 10.2. The maximum Gasteiger partial charge on any atom is 0.157 e. The first-order chi connectivity index (χ1) is 8.53. The van der Waals surface area contributed by atoms with Crippen molar-refractivity contribution in [2.24, 2.45) is 29.6 Å². The second-order valence-electron chi connectivity index (χ2n) is 7.38. The van der Waals surface area contributed by atoms with Gasteiger partial charge in [-0.2, -0.15) is 0 Å². The molecule has 104 valence electrons. The Bertz CT molecular complexity index is 284. The molecule has 4 aliphatic carbocycles. The molecule has 0 heterocycles. The molecule has 4 fully saturated rings. The second kappa shape index (κ2) is 4.49. The fraction of sp³-hybridized carbons (Fsp3) is 1.00. The fourth-order valence-electron chi connectivity index (χ4n) is 4.89. The molecule has 0 aromatic rings. The van der Waals surface area contributed by atoms with Gasteiger partial charge in [0.05, 0.1) is 5.60 Å². The topological polar surface area (TPSA) is 29.5 Å². The number of ether oxygens (including phenoxy) is 1. The SMILES string of the molecule is CCC(C)C(O)OC1(C)C2CC3CC(C2)CC1C3. The van der Waals surface area contributed by atoms with Crippen LogP contribution >= 0.6 is 0 Å². The molecule has 0 radical (unpaired) electrons. The summed E-state index contributed by atoms with van der Waals surface area (Å²) < 4.78 is 6.22. The summed E-state index contributed by atoms with van der Waals surface area (Å²) in [7, 11) is 0. The standard InChI is InChI=1S/C16H28O2/c1-4-10(2)15(17)18-16(3)13-6-11-5-12(8-13)9-14(16)7-11/h10-15,17H,4-9H2,1-3H3. The highest BCUT2D eigenvalue weighted by Gasteiger charge is 2.56. The van der Waals surface area contributed by atoms with Crippen molar-refractivity contribution in [3.05, 3.63) is 0 Å². The lowest BCUT2D eigenvalue weighted by Gasteiger charge is -2.60. The average Bonchev–Trinajstić information content (AvgIpc) is 2.34. The van der Waals surface area contributed by atoms with Crippen molar-refractivity contribution in [2.45, 2.75) is 71.2 Å². The molecule has 4 bridgehead atoms. The minimum atomic E-state index is -0.572. The summed E-state index contributed by atoms with van der Waals surface area (Å²) >= 11 is 0. The summed E-state index contributed by atoms with van der Waals surface area (Å²) in [6.07, 6.45) is 7.26. The van der Waals surface area contributed by atoms with E-state index in [1.54, 1.807) is 0 Å². The molecule has 2 heteroatoms. The van der Waals surface area contributed by atoms with Gasteiger partial charge in [0.2, 0.25) is 0 Å². The molecule has 0 spiro atoms. The van der Waals surface area contributed by atoms with Gasteiger partial charge in [-0.15, -0.1) is 0 Å². The molecule has 2 atom stereocenters. The first-order valence-electron chi connectivity index (χ1n) is 7.88. The Hall–Kier alpha value is -0.0800. The van der Waals surface area contributed by atoms with E-state index in [0.717, 1.165) is 18.3 Å². The molecule has 1 N–H and O–H groups in total. The van der Waals surface area contributed by atoms with Crippen molar-refractivity contribution < 1.29 is 9.84 Å². The molecule has 0 aliphatic heterocycles. The molecular weight excluding hydrogens is 224 g/mol. The van der Waals surface area contributed by atoms with Gasteiger partial charge in [0.15, 0.2) is 6.29 Å². The highest BCUT2D eigenvalue weighted by Crippen LogP contribution is 2.59. The first-order valence-corrected chi connectivity index (χ1v) is 7.88. The van der Waals surface area contributed by atoms with Crippen molar-refractivity contribution in [1.29, 1.82) is 0 Å². The zero-order valence-electron chi connectivity index (χ0n) is 12.1. The van der Waals surface area contributed by atoms with Gasteiger partial charge < -0.3 is 9.84 Å². The predicted molar refractivity (Wildman–Crippen MR) is 72.0 cm³/mol. The lowest BCUT2D eigenvalue weighted by molar-refractivity contribution is -0.273. The van der Waals surface area contributed by atoms with Crippen molar-refractivity contribution >= 4 is 0 Å².